The van der Waals surface area contributed by atoms with Crippen molar-refractivity contribution < 1.29 is 27.5 Å². The molecule has 4 rings (SSSR count). The first-order valence-electron chi connectivity index (χ1n) is 10.4. The number of ether oxygens (including phenoxy) is 1. The van der Waals surface area contributed by atoms with Crippen LogP contribution in [0, 0.1) is 11.8 Å². The quantitative estimate of drug-likeness (QED) is 0.761. The number of likely N-dealkylation sites (tertiary alicyclic amines) is 1. The number of aliphatic hydroxyl groups excluding tert-OH is 1. The number of aryl methyl sites for hydroxylation is 1. The number of hydrogen-bond acceptors (Lipinski definition) is 6. The van der Waals surface area contributed by atoms with Crippen molar-refractivity contribution in [3.63, 3.8) is 0 Å². The van der Waals surface area contributed by atoms with Crippen molar-refractivity contribution in [1.29, 1.82) is 0 Å². The maximum Gasteiger partial charge on any atom is 0.455 e. The van der Waals surface area contributed by atoms with Gasteiger partial charge in [-0.1, -0.05) is 30.6 Å². The van der Waals surface area contributed by atoms with Crippen molar-refractivity contribution in [3.05, 3.63) is 41.5 Å². The molecule has 1 saturated carbocycles. The second kappa shape index (κ2) is 8.55. The average molecular weight is 425 g/mol. The standard InChI is InChI=1S/C21H26F3N3O3/c1-2-3-13-4-6-16(7-5-13)29-18-9-15-11-27(10-14(15)8-17(18)28)12-19-25-20(26-30-19)21(22,23)24/h4-7,14-15,17-18,28H,2-3,8-12H2,1H3/t14-,15+,17+,18+/m0/s1. The first kappa shape index (κ1) is 21.1. The molecule has 2 heterocycles. The molecule has 0 amide bonds. The largest absolute Gasteiger partial charge is 0.488 e. The number of aliphatic hydroxyl groups is 1. The predicted octanol–water partition coefficient (Wildman–Crippen LogP) is 3.69. The van der Waals surface area contributed by atoms with Crippen LogP contribution in [0.3, 0.4) is 0 Å². The fraction of sp³-hybridized carbons (Fsp3) is 0.619. The second-order valence-corrected chi connectivity index (χ2v) is 8.31. The molecule has 164 valence electrons. The molecule has 1 N–H and O–H groups in total. The lowest BCUT2D eigenvalue weighted by Gasteiger charge is -2.35. The van der Waals surface area contributed by atoms with Gasteiger partial charge in [-0.05, 0) is 48.8 Å². The van der Waals surface area contributed by atoms with Gasteiger partial charge >= 0.3 is 6.18 Å². The lowest BCUT2D eigenvalue weighted by molar-refractivity contribution is -0.146. The van der Waals surface area contributed by atoms with Gasteiger partial charge in [0, 0.05) is 13.1 Å². The minimum Gasteiger partial charge on any atom is -0.488 e. The Kier molecular flexibility index (Phi) is 6.02. The zero-order chi connectivity index (χ0) is 21.3. The van der Waals surface area contributed by atoms with Gasteiger partial charge in [0.05, 0.1) is 12.6 Å². The molecule has 1 aliphatic carbocycles. The van der Waals surface area contributed by atoms with Crippen LogP contribution in [0.15, 0.2) is 28.8 Å². The molecule has 1 aromatic heterocycles. The Balaban J connectivity index is 1.33. The van der Waals surface area contributed by atoms with Crippen molar-refractivity contribution in [3.8, 4) is 5.75 Å². The minimum atomic E-state index is -4.61. The van der Waals surface area contributed by atoms with E-state index in [0.29, 0.717) is 31.8 Å². The van der Waals surface area contributed by atoms with Crippen LogP contribution in [-0.4, -0.2) is 45.4 Å². The highest BCUT2D eigenvalue weighted by atomic mass is 19.4. The number of benzene rings is 1. The lowest BCUT2D eigenvalue weighted by Crippen LogP contribution is -2.42. The Labute approximate surface area is 173 Å². The van der Waals surface area contributed by atoms with Crippen LogP contribution in [-0.2, 0) is 19.1 Å². The summed E-state index contributed by atoms with van der Waals surface area (Å²) in [7, 11) is 0. The monoisotopic (exact) mass is 425 g/mol. The van der Waals surface area contributed by atoms with Crippen LogP contribution in [0.25, 0.3) is 0 Å². The van der Waals surface area contributed by atoms with Gasteiger partial charge in [-0.15, -0.1) is 0 Å². The minimum absolute atomic E-state index is 0.0403. The third kappa shape index (κ3) is 4.78. The van der Waals surface area contributed by atoms with E-state index < -0.39 is 18.1 Å². The van der Waals surface area contributed by atoms with Crippen molar-refractivity contribution in [2.45, 2.75) is 57.5 Å². The van der Waals surface area contributed by atoms with Gasteiger partial charge in [0.15, 0.2) is 0 Å². The molecule has 2 aliphatic rings. The van der Waals surface area contributed by atoms with Crippen LogP contribution >= 0.6 is 0 Å². The Bertz CT molecular complexity index is 840. The fourth-order valence-electron chi connectivity index (χ4n) is 4.57. The van der Waals surface area contributed by atoms with E-state index in [1.165, 1.54) is 5.56 Å². The van der Waals surface area contributed by atoms with Gasteiger partial charge in [0.2, 0.25) is 5.89 Å². The molecule has 0 unspecified atom stereocenters. The SMILES string of the molecule is CCCc1ccc(O[C@@H]2C[C@@H]3CN(Cc4nc(C(F)(F)F)no4)C[C@@H]3C[C@H]2O)cc1. The normalized spacial score (nSPS) is 27.2. The number of aromatic nitrogens is 2. The van der Waals surface area contributed by atoms with E-state index in [1.54, 1.807) is 0 Å². The average Bonchev–Trinajstić information content (AvgIpc) is 3.30. The van der Waals surface area contributed by atoms with Gasteiger partial charge in [-0.25, -0.2) is 0 Å². The Morgan fingerprint density at radius 1 is 1.17 bits per heavy atom. The summed E-state index contributed by atoms with van der Waals surface area (Å²) in [6.45, 7) is 3.70. The van der Waals surface area contributed by atoms with Gasteiger partial charge < -0.3 is 14.4 Å². The molecule has 30 heavy (non-hydrogen) atoms. The summed E-state index contributed by atoms with van der Waals surface area (Å²) in [4.78, 5) is 5.46. The topological polar surface area (TPSA) is 71.6 Å². The van der Waals surface area contributed by atoms with E-state index in [2.05, 4.69) is 17.1 Å². The highest BCUT2D eigenvalue weighted by molar-refractivity contribution is 5.27. The first-order valence-corrected chi connectivity index (χ1v) is 10.4. The summed E-state index contributed by atoms with van der Waals surface area (Å²) in [5, 5.41) is 13.6. The van der Waals surface area contributed by atoms with Crippen molar-refractivity contribution in [1.82, 2.24) is 15.0 Å². The summed E-state index contributed by atoms with van der Waals surface area (Å²) < 4.78 is 48.8. The molecule has 4 atom stereocenters. The van der Waals surface area contributed by atoms with Crippen LogP contribution in [0.2, 0.25) is 0 Å². The highest BCUT2D eigenvalue weighted by Gasteiger charge is 2.43. The van der Waals surface area contributed by atoms with Crippen molar-refractivity contribution in [2.75, 3.05) is 13.1 Å². The molecule has 0 radical (unpaired) electrons. The molecule has 0 spiro atoms. The van der Waals surface area contributed by atoms with Crippen molar-refractivity contribution in [2.24, 2.45) is 11.8 Å². The summed E-state index contributed by atoms with van der Waals surface area (Å²) in [6, 6.07) is 7.98. The number of hydrogen-bond donors (Lipinski definition) is 1. The fourth-order valence-corrected chi connectivity index (χ4v) is 4.57. The molecule has 1 aromatic carbocycles. The highest BCUT2D eigenvalue weighted by Crippen LogP contribution is 2.38. The van der Waals surface area contributed by atoms with Gasteiger partial charge in [-0.3, -0.25) is 4.90 Å². The molecule has 2 fully saturated rings. The maximum atomic E-state index is 12.6. The van der Waals surface area contributed by atoms with E-state index in [1.807, 2.05) is 29.2 Å². The van der Waals surface area contributed by atoms with Gasteiger partial charge in [-0.2, -0.15) is 18.2 Å². The Morgan fingerprint density at radius 3 is 2.50 bits per heavy atom. The molecule has 9 heteroatoms. The van der Waals surface area contributed by atoms with Crippen LogP contribution in [0.5, 0.6) is 5.75 Å². The van der Waals surface area contributed by atoms with Gasteiger partial charge in [0.25, 0.3) is 5.82 Å². The van der Waals surface area contributed by atoms with Crippen LogP contribution in [0.4, 0.5) is 13.2 Å². The molecule has 2 aromatic rings. The lowest BCUT2D eigenvalue weighted by atomic mass is 9.78. The Hall–Kier alpha value is -2.13. The summed E-state index contributed by atoms with van der Waals surface area (Å²) in [6.07, 6.45) is -2.04. The molecular formula is C21H26F3N3O3. The Morgan fingerprint density at radius 2 is 1.87 bits per heavy atom. The number of nitrogens with zero attached hydrogens (tertiary/aromatic N) is 3. The molecule has 6 nitrogen and oxygen atoms in total. The van der Waals surface area contributed by atoms with Crippen LogP contribution < -0.4 is 4.74 Å². The van der Waals surface area contributed by atoms with E-state index in [9.17, 15) is 18.3 Å². The third-order valence-corrected chi connectivity index (χ3v) is 5.99. The maximum absolute atomic E-state index is 12.6. The van der Waals surface area contributed by atoms with Crippen LogP contribution in [0.1, 0.15) is 43.5 Å². The zero-order valence-corrected chi connectivity index (χ0v) is 16.8. The zero-order valence-electron chi connectivity index (χ0n) is 16.8. The van der Waals surface area contributed by atoms with E-state index in [0.717, 1.165) is 18.6 Å². The number of halogens is 3. The molecule has 1 aliphatic heterocycles. The number of rotatable bonds is 6. The van der Waals surface area contributed by atoms with E-state index >= 15 is 0 Å². The second-order valence-electron chi connectivity index (χ2n) is 8.31. The predicted molar refractivity (Wildman–Crippen MR) is 102 cm³/mol. The molecule has 0 bridgehead atoms. The number of alkyl halides is 3. The number of fused-ring (bicyclic) bond motifs is 1. The van der Waals surface area contributed by atoms with Crippen molar-refractivity contribution >= 4 is 0 Å². The summed E-state index contributed by atoms with van der Waals surface area (Å²) in [5.41, 5.74) is 1.26. The third-order valence-electron chi connectivity index (χ3n) is 5.99. The summed E-state index contributed by atoms with van der Waals surface area (Å²) >= 11 is 0. The smallest absolute Gasteiger partial charge is 0.455 e. The molecule has 1 saturated heterocycles. The summed E-state index contributed by atoms with van der Waals surface area (Å²) in [5.74, 6) is 0.0433. The van der Waals surface area contributed by atoms with E-state index in [-0.39, 0.29) is 24.5 Å². The molecular weight excluding hydrogens is 399 g/mol. The van der Waals surface area contributed by atoms with Gasteiger partial charge in [0.1, 0.15) is 11.9 Å². The first-order chi connectivity index (χ1) is 14.3. The van der Waals surface area contributed by atoms with E-state index in [4.69, 9.17) is 9.26 Å².